The van der Waals surface area contributed by atoms with Gasteiger partial charge < -0.3 is 0 Å². The number of rotatable bonds is 4. The van der Waals surface area contributed by atoms with Gasteiger partial charge in [-0.15, -0.1) is 0 Å². The zero-order valence-electron chi connectivity index (χ0n) is 18.6. The number of hydrogen-bond acceptors (Lipinski definition) is 0. The molecule has 0 nitrogen and oxygen atoms in total. The van der Waals surface area contributed by atoms with Gasteiger partial charge in [0, 0.05) is 5.41 Å². The molecule has 6 rings (SSSR count). The summed E-state index contributed by atoms with van der Waals surface area (Å²) in [5.41, 5.74) is 7.51. The lowest BCUT2D eigenvalue weighted by Crippen LogP contribution is -2.49. The Balaban J connectivity index is 1.85. The van der Waals surface area contributed by atoms with E-state index >= 15 is 0 Å². The van der Waals surface area contributed by atoms with Crippen molar-refractivity contribution < 1.29 is 0 Å². The van der Waals surface area contributed by atoms with Crippen LogP contribution in [-0.2, 0) is 17.3 Å². The minimum Gasteiger partial charge on any atom is -0.0622 e. The Labute approximate surface area is 196 Å². The zero-order chi connectivity index (χ0) is 22.1. The maximum atomic E-state index is 2.35. The summed E-state index contributed by atoms with van der Waals surface area (Å²) in [5.74, 6) is 0. The second kappa shape index (κ2) is 7.90. The summed E-state index contributed by atoms with van der Waals surface area (Å²) < 4.78 is 0. The van der Waals surface area contributed by atoms with Crippen LogP contribution in [0.1, 0.15) is 33.4 Å². The molecule has 0 bridgehead atoms. The molecule has 1 aliphatic carbocycles. The van der Waals surface area contributed by atoms with Crippen LogP contribution >= 0.6 is 0 Å². The fraction of sp³-hybridized carbons (Fsp3) is 0.0909. The van der Waals surface area contributed by atoms with Crippen molar-refractivity contribution in [2.75, 3.05) is 0 Å². The highest BCUT2D eigenvalue weighted by atomic mass is 14.6. The molecule has 0 atom stereocenters. The molecule has 0 spiro atoms. The van der Waals surface area contributed by atoms with Crippen LogP contribution in [0.3, 0.4) is 0 Å². The largest absolute Gasteiger partial charge is 0.0622 e. The minimum atomic E-state index is -0.366. The topological polar surface area (TPSA) is 0 Å². The van der Waals surface area contributed by atoms with Gasteiger partial charge in [0.2, 0.25) is 0 Å². The highest BCUT2D eigenvalue weighted by molar-refractivity contribution is 5.68. The SMILES string of the molecule is c1ccc(C2(c3ccccc3)Cc3ccccc3C2(c2ccccc2)c2ccccc2)cc1. The van der Waals surface area contributed by atoms with E-state index in [-0.39, 0.29) is 10.8 Å². The predicted octanol–water partition coefficient (Wildman–Crippen LogP) is 7.56. The normalized spacial score (nSPS) is 15.6. The molecule has 33 heavy (non-hydrogen) atoms. The molecule has 1 aliphatic rings. The van der Waals surface area contributed by atoms with Gasteiger partial charge in [0.1, 0.15) is 0 Å². The molecule has 0 N–H and O–H groups in total. The Kier molecular flexibility index (Phi) is 4.73. The van der Waals surface area contributed by atoms with Crippen molar-refractivity contribution in [3.8, 4) is 0 Å². The molecule has 0 radical (unpaired) electrons. The lowest BCUT2D eigenvalue weighted by molar-refractivity contribution is 0.390. The maximum absolute atomic E-state index is 2.35. The Hall–Kier alpha value is -3.90. The smallest absolute Gasteiger partial charge is 0.0594 e. The molecular formula is C33H26. The molecule has 0 aliphatic heterocycles. The molecule has 158 valence electrons. The highest BCUT2D eigenvalue weighted by Gasteiger charge is 2.60. The Bertz CT molecular complexity index is 1270. The van der Waals surface area contributed by atoms with Crippen LogP contribution in [0.2, 0.25) is 0 Å². The van der Waals surface area contributed by atoms with Crippen molar-refractivity contribution >= 4 is 0 Å². The summed E-state index contributed by atoms with van der Waals surface area (Å²) in [5, 5.41) is 0. The first-order valence-electron chi connectivity index (χ1n) is 11.7. The average molecular weight is 423 g/mol. The fourth-order valence-electron chi connectivity index (χ4n) is 6.28. The van der Waals surface area contributed by atoms with Crippen LogP contribution < -0.4 is 0 Å². The molecule has 0 saturated heterocycles. The summed E-state index contributed by atoms with van der Waals surface area (Å²) in [6, 6.07) is 53.5. The third-order valence-corrected chi connectivity index (χ3v) is 7.46. The van der Waals surface area contributed by atoms with Gasteiger partial charge in [0.05, 0.1) is 5.41 Å². The van der Waals surface area contributed by atoms with E-state index in [2.05, 4.69) is 146 Å². The van der Waals surface area contributed by atoms with Gasteiger partial charge in [-0.3, -0.25) is 0 Å². The zero-order valence-corrected chi connectivity index (χ0v) is 18.6. The van der Waals surface area contributed by atoms with Gasteiger partial charge in [0.15, 0.2) is 0 Å². The predicted molar refractivity (Wildman–Crippen MR) is 137 cm³/mol. The molecule has 0 unspecified atom stereocenters. The van der Waals surface area contributed by atoms with Gasteiger partial charge >= 0.3 is 0 Å². The quantitative estimate of drug-likeness (QED) is 0.280. The molecule has 0 heterocycles. The lowest BCUT2D eigenvalue weighted by atomic mass is 9.52. The van der Waals surface area contributed by atoms with Gasteiger partial charge in [-0.25, -0.2) is 0 Å². The molecule has 0 aromatic heterocycles. The second-order valence-electron chi connectivity index (χ2n) is 8.95. The lowest BCUT2D eigenvalue weighted by Gasteiger charge is -2.49. The molecule has 0 heteroatoms. The van der Waals surface area contributed by atoms with Crippen LogP contribution in [0.25, 0.3) is 0 Å². The van der Waals surface area contributed by atoms with Crippen LogP contribution in [-0.4, -0.2) is 0 Å². The fourth-order valence-corrected chi connectivity index (χ4v) is 6.28. The van der Waals surface area contributed by atoms with Crippen LogP contribution in [0.15, 0.2) is 146 Å². The van der Waals surface area contributed by atoms with Crippen LogP contribution in [0.5, 0.6) is 0 Å². The van der Waals surface area contributed by atoms with E-state index in [1.165, 1.54) is 33.4 Å². The number of hydrogen-bond donors (Lipinski definition) is 0. The van der Waals surface area contributed by atoms with E-state index < -0.39 is 0 Å². The first kappa shape index (κ1) is 19.8. The molecule has 5 aromatic rings. The molecular weight excluding hydrogens is 396 g/mol. The third kappa shape index (κ3) is 2.77. The summed E-state index contributed by atoms with van der Waals surface area (Å²) in [6.07, 6.45) is 0.945. The summed E-state index contributed by atoms with van der Waals surface area (Å²) in [6.45, 7) is 0. The van der Waals surface area contributed by atoms with E-state index in [0.717, 1.165) is 6.42 Å². The van der Waals surface area contributed by atoms with E-state index in [9.17, 15) is 0 Å². The third-order valence-electron chi connectivity index (χ3n) is 7.46. The monoisotopic (exact) mass is 422 g/mol. The Morgan fingerprint density at radius 3 is 1.18 bits per heavy atom. The highest BCUT2D eigenvalue weighted by Crippen LogP contribution is 2.62. The van der Waals surface area contributed by atoms with Crippen LogP contribution in [0.4, 0.5) is 0 Å². The Morgan fingerprint density at radius 2 is 0.727 bits per heavy atom. The van der Waals surface area contributed by atoms with Crippen molar-refractivity contribution in [3.63, 3.8) is 0 Å². The second-order valence-corrected chi connectivity index (χ2v) is 8.95. The van der Waals surface area contributed by atoms with Crippen molar-refractivity contribution in [2.45, 2.75) is 17.3 Å². The van der Waals surface area contributed by atoms with E-state index in [0.29, 0.717) is 0 Å². The molecule has 0 saturated carbocycles. The Morgan fingerprint density at radius 1 is 0.364 bits per heavy atom. The maximum Gasteiger partial charge on any atom is 0.0594 e. The van der Waals surface area contributed by atoms with Gasteiger partial charge in [-0.2, -0.15) is 0 Å². The van der Waals surface area contributed by atoms with E-state index in [1.807, 2.05) is 0 Å². The first-order valence-corrected chi connectivity index (χ1v) is 11.7. The van der Waals surface area contributed by atoms with Crippen molar-refractivity contribution in [1.29, 1.82) is 0 Å². The number of fused-ring (bicyclic) bond motifs is 1. The standard InChI is InChI=1S/C33H26/c1-5-16-27(17-6-1)32(28-18-7-2-8-19-28)25-26-15-13-14-24-31(26)33(32,29-20-9-3-10-21-29)30-22-11-4-12-23-30/h1-24H,25H2. The minimum absolute atomic E-state index is 0.290. The summed E-state index contributed by atoms with van der Waals surface area (Å²) >= 11 is 0. The van der Waals surface area contributed by atoms with E-state index in [4.69, 9.17) is 0 Å². The molecule has 0 fully saturated rings. The van der Waals surface area contributed by atoms with Crippen LogP contribution in [0, 0.1) is 0 Å². The molecule has 0 amide bonds. The van der Waals surface area contributed by atoms with Gasteiger partial charge in [0.25, 0.3) is 0 Å². The van der Waals surface area contributed by atoms with Crippen molar-refractivity contribution in [3.05, 3.63) is 179 Å². The van der Waals surface area contributed by atoms with Gasteiger partial charge in [-0.1, -0.05) is 146 Å². The summed E-state index contributed by atoms with van der Waals surface area (Å²) in [7, 11) is 0. The van der Waals surface area contributed by atoms with E-state index in [1.54, 1.807) is 0 Å². The first-order chi connectivity index (χ1) is 16.4. The van der Waals surface area contributed by atoms with Crippen molar-refractivity contribution in [1.82, 2.24) is 0 Å². The van der Waals surface area contributed by atoms with Gasteiger partial charge in [-0.05, 0) is 39.8 Å². The average Bonchev–Trinajstić information content (AvgIpc) is 3.23. The van der Waals surface area contributed by atoms with Crippen molar-refractivity contribution in [2.24, 2.45) is 0 Å². The number of benzene rings is 5. The summed E-state index contributed by atoms with van der Waals surface area (Å²) in [4.78, 5) is 0. The molecule has 5 aromatic carbocycles.